The average Bonchev–Trinajstić information content (AvgIpc) is 2.78. The van der Waals surface area contributed by atoms with Crippen LogP contribution in [0.15, 0.2) is 24.3 Å². The monoisotopic (exact) mass is 233 g/mol. The maximum absolute atomic E-state index is 11.9. The molecule has 0 fully saturated rings. The van der Waals surface area contributed by atoms with E-state index < -0.39 is 11.8 Å². The molecule has 2 amide bonds. The molecule has 0 saturated heterocycles. The predicted octanol–water partition coefficient (Wildman–Crippen LogP) is -0.349. The number of nitrogens with one attached hydrogen (secondary N) is 1. The van der Waals surface area contributed by atoms with Gasteiger partial charge in [-0.25, -0.2) is 0 Å². The number of carbonyl (C=O) groups is 2. The summed E-state index contributed by atoms with van der Waals surface area (Å²) in [7, 11) is 0. The number of fused-ring (bicyclic) bond motifs is 1. The van der Waals surface area contributed by atoms with Crippen molar-refractivity contribution in [1.29, 1.82) is 0 Å². The van der Waals surface area contributed by atoms with E-state index in [1.165, 1.54) is 4.90 Å². The molecule has 5 nitrogen and oxygen atoms in total. The summed E-state index contributed by atoms with van der Waals surface area (Å²) in [5.41, 5.74) is 7.21. The Labute approximate surface area is 99.6 Å². The zero-order chi connectivity index (χ0) is 12.3. The van der Waals surface area contributed by atoms with Gasteiger partial charge >= 0.3 is 11.8 Å². The van der Waals surface area contributed by atoms with Crippen LogP contribution in [0.25, 0.3) is 0 Å². The molecule has 1 aromatic carbocycles. The summed E-state index contributed by atoms with van der Waals surface area (Å²) >= 11 is 0. The Morgan fingerprint density at radius 2 is 2.12 bits per heavy atom. The Balaban J connectivity index is 2.10. The quantitative estimate of drug-likeness (QED) is 0.686. The van der Waals surface area contributed by atoms with Crippen LogP contribution in [0, 0.1) is 0 Å². The molecule has 0 atom stereocenters. The Morgan fingerprint density at radius 3 is 2.88 bits per heavy atom. The Hall–Kier alpha value is -1.88. The molecule has 0 saturated carbocycles. The highest BCUT2D eigenvalue weighted by atomic mass is 16.2. The molecule has 0 aromatic heterocycles. The van der Waals surface area contributed by atoms with Crippen LogP contribution < -0.4 is 16.0 Å². The van der Waals surface area contributed by atoms with Crippen LogP contribution >= 0.6 is 0 Å². The normalized spacial score (nSPS) is 13.4. The van der Waals surface area contributed by atoms with Gasteiger partial charge in [0, 0.05) is 25.3 Å². The molecule has 17 heavy (non-hydrogen) atoms. The minimum Gasteiger partial charge on any atom is -0.347 e. The van der Waals surface area contributed by atoms with Gasteiger partial charge in [-0.3, -0.25) is 9.59 Å². The standard InChI is InChI=1S/C12H15N3O2/c13-6-7-14-11(16)12(17)15-8-5-9-3-1-2-4-10(9)15/h1-4H,5-8,13H2,(H,14,16). The second-order valence-electron chi connectivity index (χ2n) is 3.88. The molecule has 0 radical (unpaired) electrons. The number of hydrogen-bond acceptors (Lipinski definition) is 3. The number of para-hydroxylation sites is 1. The van der Waals surface area contributed by atoms with E-state index in [0.717, 1.165) is 17.7 Å². The number of anilines is 1. The summed E-state index contributed by atoms with van der Waals surface area (Å²) < 4.78 is 0. The second kappa shape index (κ2) is 4.97. The van der Waals surface area contributed by atoms with Gasteiger partial charge in [0.05, 0.1) is 0 Å². The fourth-order valence-electron chi connectivity index (χ4n) is 1.93. The van der Waals surface area contributed by atoms with Crippen molar-refractivity contribution in [2.24, 2.45) is 5.73 Å². The lowest BCUT2D eigenvalue weighted by Gasteiger charge is -2.16. The lowest BCUT2D eigenvalue weighted by atomic mass is 10.2. The van der Waals surface area contributed by atoms with Crippen LogP contribution in [-0.2, 0) is 16.0 Å². The van der Waals surface area contributed by atoms with Crippen LogP contribution in [0.1, 0.15) is 5.56 Å². The first-order valence-electron chi connectivity index (χ1n) is 5.61. The van der Waals surface area contributed by atoms with Gasteiger partial charge in [0.25, 0.3) is 0 Å². The number of hydrogen-bond donors (Lipinski definition) is 2. The van der Waals surface area contributed by atoms with Crippen LogP contribution in [-0.4, -0.2) is 31.4 Å². The lowest BCUT2D eigenvalue weighted by molar-refractivity contribution is -0.137. The number of nitrogens with zero attached hydrogens (tertiary/aromatic N) is 1. The molecule has 0 bridgehead atoms. The molecular formula is C12H15N3O2. The third-order valence-corrected chi connectivity index (χ3v) is 2.76. The van der Waals surface area contributed by atoms with Gasteiger partial charge in [-0.2, -0.15) is 0 Å². The van der Waals surface area contributed by atoms with Crippen molar-refractivity contribution in [2.75, 3.05) is 24.5 Å². The summed E-state index contributed by atoms with van der Waals surface area (Å²) in [5, 5.41) is 2.48. The molecule has 1 aliphatic heterocycles. The first-order chi connectivity index (χ1) is 8.24. The number of rotatable bonds is 2. The highest BCUT2D eigenvalue weighted by Gasteiger charge is 2.28. The maximum Gasteiger partial charge on any atom is 0.316 e. The smallest absolute Gasteiger partial charge is 0.316 e. The van der Waals surface area contributed by atoms with E-state index in [4.69, 9.17) is 5.73 Å². The van der Waals surface area contributed by atoms with Crippen molar-refractivity contribution < 1.29 is 9.59 Å². The first kappa shape index (κ1) is 11.6. The number of carbonyl (C=O) groups excluding carboxylic acids is 2. The van der Waals surface area contributed by atoms with Crippen molar-refractivity contribution in [3.8, 4) is 0 Å². The number of nitrogens with two attached hydrogens (primary N) is 1. The van der Waals surface area contributed by atoms with Gasteiger partial charge in [0.1, 0.15) is 0 Å². The van der Waals surface area contributed by atoms with Crippen LogP contribution in [0.3, 0.4) is 0 Å². The van der Waals surface area contributed by atoms with E-state index >= 15 is 0 Å². The molecule has 0 spiro atoms. The van der Waals surface area contributed by atoms with E-state index in [-0.39, 0.29) is 0 Å². The van der Waals surface area contributed by atoms with Gasteiger partial charge < -0.3 is 16.0 Å². The minimum atomic E-state index is -0.591. The van der Waals surface area contributed by atoms with E-state index in [2.05, 4.69) is 5.32 Å². The fourth-order valence-corrected chi connectivity index (χ4v) is 1.93. The Morgan fingerprint density at radius 1 is 1.35 bits per heavy atom. The van der Waals surface area contributed by atoms with Crippen molar-refractivity contribution in [2.45, 2.75) is 6.42 Å². The molecular weight excluding hydrogens is 218 g/mol. The third-order valence-electron chi connectivity index (χ3n) is 2.76. The highest BCUT2D eigenvalue weighted by Crippen LogP contribution is 2.27. The fraction of sp³-hybridized carbons (Fsp3) is 0.333. The molecule has 90 valence electrons. The van der Waals surface area contributed by atoms with Crippen LogP contribution in [0.5, 0.6) is 0 Å². The zero-order valence-corrected chi connectivity index (χ0v) is 9.48. The van der Waals surface area contributed by atoms with Gasteiger partial charge in [0.2, 0.25) is 0 Å². The first-order valence-corrected chi connectivity index (χ1v) is 5.61. The summed E-state index contributed by atoms with van der Waals surface area (Å²) in [4.78, 5) is 24.9. The van der Waals surface area contributed by atoms with E-state index in [0.29, 0.717) is 19.6 Å². The van der Waals surface area contributed by atoms with Crippen molar-refractivity contribution >= 4 is 17.5 Å². The molecule has 1 aliphatic rings. The lowest BCUT2D eigenvalue weighted by Crippen LogP contribution is -2.43. The van der Waals surface area contributed by atoms with Crippen LogP contribution in [0.4, 0.5) is 5.69 Å². The topological polar surface area (TPSA) is 75.4 Å². The summed E-state index contributed by atoms with van der Waals surface area (Å²) in [6, 6.07) is 7.63. The van der Waals surface area contributed by atoms with Crippen molar-refractivity contribution in [1.82, 2.24) is 5.32 Å². The summed E-state index contributed by atoms with van der Waals surface area (Å²) in [6.45, 7) is 1.21. The predicted molar refractivity (Wildman–Crippen MR) is 64.6 cm³/mol. The third kappa shape index (κ3) is 2.29. The summed E-state index contributed by atoms with van der Waals surface area (Å²) in [6.07, 6.45) is 0.798. The molecule has 5 heteroatoms. The van der Waals surface area contributed by atoms with E-state index in [1.54, 1.807) is 0 Å². The molecule has 3 N–H and O–H groups in total. The molecule has 0 unspecified atom stereocenters. The summed E-state index contributed by atoms with van der Waals surface area (Å²) in [5.74, 6) is -1.10. The van der Waals surface area contributed by atoms with Gasteiger partial charge in [-0.05, 0) is 18.1 Å². The zero-order valence-electron chi connectivity index (χ0n) is 9.48. The van der Waals surface area contributed by atoms with Gasteiger partial charge in [-0.1, -0.05) is 18.2 Å². The highest BCUT2D eigenvalue weighted by molar-refractivity contribution is 6.40. The largest absolute Gasteiger partial charge is 0.347 e. The minimum absolute atomic E-state index is 0.320. The number of amides is 2. The average molecular weight is 233 g/mol. The maximum atomic E-state index is 11.9. The number of benzene rings is 1. The SMILES string of the molecule is NCCNC(=O)C(=O)N1CCc2ccccc21. The Kier molecular flexibility index (Phi) is 3.39. The van der Waals surface area contributed by atoms with Gasteiger partial charge in [-0.15, -0.1) is 0 Å². The molecule has 0 aliphatic carbocycles. The Bertz CT molecular complexity index is 445. The molecule has 1 aromatic rings. The van der Waals surface area contributed by atoms with E-state index in [9.17, 15) is 9.59 Å². The van der Waals surface area contributed by atoms with Crippen molar-refractivity contribution in [3.63, 3.8) is 0 Å². The van der Waals surface area contributed by atoms with E-state index in [1.807, 2.05) is 24.3 Å². The van der Waals surface area contributed by atoms with Gasteiger partial charge in [0.15, 0.2) is 0 Å². The molecule has 2 rings (SSSR count). The second-order valence-corrected chi connectivity index (χ2v) is 3.88. The molecule has 1 heterocycles. The van der Waals surface area contributed by atoms with Crippen LogP contribution in [0.2, 0.25) is 0 Å². The van der Waals surface area contributed by atoms with Crippen molar-refractivity contribution in [3.05, 3.63) is 29.8 Å².